The third-order valence-corrected chi connectivity index (χ3v) is 4.92. The van der Waals surface area contributed by atoms with Crippen LogP contribution in [0.2, 0.25) is 0 Å². The lowest BCUT2D eigenvalue weighted by atomic mass is 10.1. The van der Waals surface area contributed by atoms with Crippen LogP contribution >= 0.6 is 15.9 Å². The average Bonchev–Trinajstić information content (AvgIpc) is 3.08. The Bertz CT molecular complexity index is 924. The largest absolute Gasteiger partial charge is 0.480 e. The van der Waals surface area contributed by atoms with Crippen LogP contribution in [-0.4, -0.2) is 21.6 Å². The third kappa shape index (κ3) is 4.57. The van der Waals surface area contributed by atoms with Crippen molar-refractivity contribution >= 4 is 21.8 Å². The Morgan fingerprint density at radius 1 is 1.22 bits per heavy atom. The zero-order valence-electron chi connectivity index (χ0n) is 15.5. The monoisotopic (exact) mass is 427 g/mol. The number of amides is 1. The maximum atomic E-state index is 12.8. The molecule has 2 atom stereocenters. The van der Waals surface area contributed by atoms with Gasteiger partial charge in [0, 0.05) is 19.4 Å². The first-order chi connectivity index (χ1) is 13.0. The lowest BCUT2D eigenvalue weighted by Crippen LogP contribution is -2.39. The molecule has 0 spiro atoms. The van der Waals surface area contributed by atoms with Crippen molar-refractivity contribution in [3.05, 3.63) is 82.3 Å². The van der Waals surface area contributed by atoms with E-state index in [-0.39, 0.29) is 11.9 Å². The minimum atomic E-state index is -0.657. The van der Waals surface area contributed by atoms with E-state index in [1.54, 1.807) is 13.1 Å². The number of imidazole rings is 1. The SMILES string of the molecule is Cc1ccc(OC(C)C(=O)NC(c2ccccc2)c2nccn2C)c(Br)c1. The molecular weight excluding hydrogens is 406 g/mol. The summed E-state index contributed by atoms with van der Waals surface area (Å²) < 4.78 is 8.59. The van der Waals surface area contributed by atoms with Gasteiger partial charge in [-0.05, 0) is 53.0 Å². The number of rotatable bonds is 6. The van der Waals surface area contributed by atoms with Gasteiger partial charge in [0.15, 0.2) is 6.10 Å². The number of halogens is 1. The fraction of sp³-hybridized carbons (Fsp3) is 0.238. The van der Waals surface area contributed by atoms with Gasteiger partial charge in [-0.25, -0.2) is 4.98 Å². The lowest BCUT2D eigenvalue weighted by molar-refractivity contribution is -0.127. The fourth-order valence-electron chi connectivity index (χ4n) is 2.80. The van der Waals surface area contributed by atoms with Gasteiger partial charge in [-0.3, -0.25) is 4.79 Å². The van der Waals surface area contributed by atoms with E-state index in [1.165, 1.54) is 0 Å². The van der Waals surface area contributed by atoms with Crippen molar-refractivity contribution in [3.63, 3.8) is 0 Å². The van der Waals surface area contributed by atoms with Crippen molar-refractivity contribution in [1.82, 2.24) is 14.9 Å². The number of nitrogens with one attached hydrogen (secondary N) is 1. The number of hydrogen-bond acceptors (Lipinski definition) is 3. The highest BCUT2D eigenvalue weighted by molar-refractivity contribution is 9.10. The smallest absolute Gasteiger partial charge is 0.261 e. The molecule has 2 aromatic carbocycles. The van der Waals surface area contributed by atoms with Crippen LogP contribution in [0.3, 0.4) is 0 Å². The van der Waals surface area contributed by atoms with Crippen molar-refractivity contribution in [2.75, 3.05) is 0 Å². The number of benzene rings is 2. The zero-order valence-corrected chi connectivity index (χ0v) is 17.1. The first-order valence-corrected chi connectivity index (χ1v) is 9.50. The van der Waals surface area contributed by atoms with Gasteiger partial charge < -0.3 is 14.6 Å². The summed E-state index contributed by atoms with van der Waals surface area (Å²) in [4.78, 5) is 17.2. The van der Waals surface area contributed by atoms with Gasteiger partial charge in [0.2, 0.25) is 0 Å². The molecule has 1 amide bonds. The van der Waals surface area contributed by atoms with E-state index in [0.717, 1.165) is 21.4 Å². The Kier molecular flexibility index (Phi) is 5.96. The molecule has 0 aliphatic carbocycles. The standard InChI is InChI=1S/C21H22BrN3O2/c1-14-9-10-18(17(22)13-14)27-15(2)21(26)24-19(16-7-5-4-6-8-16)20-23-11-12-25(20)3/h4-13,15,19H,1-3H3,(H,24,26). The second-order valence-corrected chi connectivity index (χ2v) is 7.30. The van der Waals surface area contributed by atoms with Gasteiger partial charge in [0.1, 0.15) is 17.6 Å². The second kappa shape index (κ2) is 8.39. The molecule has 140 valence electrons. The summed E-state index contributed by atoms with van der Waals surface area (Å²) in [5.41, 5.74) is 2.08. The van der Waals surface area contributed by atoms with Crippen LogP contribution in [-0.2, 0) is 11.8 Å². The van der Waals surface area contributed by atoms with Gasteiger partial charge >= 0.3 is 0 Å². The molecule has 1 heterocycles. The Labute approximate surface area is 167 Å². The zero-order chi connectivity index (χ0) is 19.4. The summed E-state index contributed by atoms with van der Waals surface area (Å²) >= 11 is 3.48. The van der Waals surface area contributed by atoms with Crippen molar-refractivity contribution in [2.45, 2.75) is 26.0 Å². The van der Waals surface area contributed by atoms with Gasteiger partial charge in [-0.1, -0.05) is 36.4 Å². The molecule has 1 N–H and O–H groups in total. The summed E-state index contributed by atoms with van der Waals surface area (Å²) in [6.07, 6.45) is 2.93. The van der Waals surface area contributed by atoms with Crippen molar-refractivity contribution < 1.29 is 9.53 Å². The normalized spacial score (nSPS) is 13.0. The minimum Gasteiger partial charge on any atom is -0.480 e. The Morgan fingerprint density at radius 3 is 2.59 bits per heavy atom. The number of nitrogens with zero attached hydrogens (tertiary/aromatic N) is 2. The fourth-order valence-corrected chi connectivity index (χ4v) is 3.39. The Hall–Kier alpha value is -2.60. The van der Waals surface area contributed by atoms with Crippen LogP contribution in [0.5, 0.6) is 5.75 Å². The number of aryl methyl sites for hydroxylation is 2. The van der Waals surface area contributed by atoms with E-state index in [0.29, 0.717) is 5.75 Å². The minimum absolute atomic E-state index is 0.209. The molecule has 3 rings (SSSR count). The van der Waals surface area contributed by atoms with E-state index in [9.17, 15) is 4.79 Å². The van der Waals surface area contributed by atoms with E-state index in [1.807, 2.05) is 73.3 Å². The van der Waals surface area contributed by atoms with Gasteiger partial charge in [0.05, 0.1) is 4.47 Å². The third-order valence-electron chi connectivity index (χ3n) is 4.30. The molecule has 0 radical (unpaired) electrons. The summed E-state index contributed by atoms with van der Waals surface area (Å²) in [6, 6.07) is 15.2. The predicted octanol–water partition coefficient (Wildman–Crippen LogP) is 4.16. The molecule has 2 unspecified atom stereocenters. The highest BCUT2D eigenvalue weighted by Crippen LogP contribution is 2.27. The van der Waals surface area contributed by atoms with Crippen LogP contribution in [0.25, 0.3) is 0 Å². The lowest BCUT2D eigenvalue weighted by Gasteiger charge is -2.22. The quantitative estimate of drug-likeness (QED) is 0.642. The number of carbonyl (C=O) groups excluding carboxylic acids is 1. The molecular formula is C21H22BrN3O2. The first kappa shape index (κ1) is 19.2. The van der Waals surface area contributed by atoms with Gasteiger partial charge in [0.25, 0.3) is 5.91 Å². The molecule has 3 aromatic rings. The molecule has 0 aliphatic heterocycles. The molecule has 0 aliphatic rings. The van der Waals surface area contributed by atoms with E-state index in [4.69, 9.17) is 4.74 Å². The second-order valence-electron chi connectivity index (χ2n) is 6.44. The topological polar surface area (TPSA) is 56.1 Å². The molecule has 5 nitrogen and oxygen atoms in total. The summed E-state index contributed by atoms with van der Waals surface area (Å²) in [6.45, 7) is 3.74. The first-order valence-electron chi connectivity index (χ1n) is 8.71. The van der Waals surface area contributed by atoms with Gasteiger partial charge in [-0.15, -0.1) is 0 Å². The van der Waals surface area contributed by atoms with Crippen molar-refractivity contribution in [1.29, 1.82) is 0 Å². The average molecular weight is 428 g/mol. The van der Waals surface area contributed by atoms with Crippen LogP contribution in [0.1, 0.15) is 29.9 Å². The number of hydrogen-bond donors (Lipinski definition) is 1. The van der Waals surface area contributed by atoms with Crippen LogP contribution in [0.4, 0.5) is 0 Å². The van der Waals surface area contributed by atoms with Crippen LogP contribution < -0.4 is 10.1 Å². The molecule has 6 heteroatoms. The molecule has 27 heavy (non-hydrogen) atoms. The maximum absolute atomic E-state index is 12.8. The number of aromatic nitrogens is 2. The highest BCUT2D eigenvalue weighted by atomic mass is 79.9. The number of carbonyl (C=O) groups is 1. The summed E-state index contributed by atoms with van der Waals surface area (Å²) in [5.74, 6) is 1.19. The van der Waals surface area contributed by atoms with E-state index < -0.39 is 6.10 Å². The molecule has 0 saturated heterocycles. The molecule has 0 bridgehead atoms. The molecule has 0 fully saturated rings. The van der Waals surface area contributed by atoms with Crippen LogP contribution in [0.15, 0.2) is 65.4 Å². The number of ether oxygens (including phenoxy) is 1. The highest BCUT2D eigenvalue weighted by Gasteiger charge is 2.24. The predicted molar refractivity (Wildman–Crippen MR) is 109 cm³/mol. The molecule has 1 aromatic heterocycles. The van der Waals surface area contributed by atoms with Crippen molar-refractivity contribution in [3.8, 4) is 5.75 Å². The van der Waals surface area contributed by atoms with Crippen molar-refractivity contribution in [2.24, 2.45) is 7.05 Å². The summed E-state index contributed by atoms with van der Waals surface area (Å²) in [5, 5.41) is 3.06. The Balaban J connectivity index is 1.79. The maximum Gasteiger partial charge on any atom is 0.261 e. The van der Waals surface area contributed by atoms with Crippen LogP contribution in [0, 0.1) is 6.92 Å². The van der Waals surface area contributed by atoms with Gasteiger partial charge in [-0.2, -0.15) is 0 Å². The molecule has 0 saturated carbocycles. The Morgan fingerprint density at radius 2 is 1.96 bits per heavy atom. The summed E-state index contributed by atoms with van der Waals surface area (Å²) in [7, 11) is 1.91. The van der Waals surface area contributed by atoms with E-state index >= 15 is 0 Å². The van der Waals surface area contributed by atoms with E-state index in [2.05, 4.69) is 26.2 Å².